The van der Waals surface area contributed by atoms with Gasteiger partial charge in [0.25, 0.3) is 0 Å². The van der Waals surface area contributed by atoms with E-state index in [2.05, 4.69) is 15.2 Å². The van der Waals surface area contributed by atoms with Gasteiger partial charge in [-0.2, -0.15) is 5.26 Å². The monoisotopic (exact) mass is 564 g/mol. The average molecular weight is 565 g/mol. The maximum absolute atomic E-state index is 15.4. The second kappa shape index (κ2) is 12.1. The van der Waals surface area contributed by atoms with Crippen molar-refractivity contribution in [1.82, 2.24) is 15.2 Å². The molecule has 0 N–H and O–H groups in total. The van der Waals surface area contributed by atoms with Crippen molar-refractivity contribution in [3.63, 3.8) is 0 Å². The van der Waals surface area contributed by atoms with Crippen LogP contribution in [0.2, 0.25) is 10.0 Å². The summed E-state index contributed by atoms with van der Waals surface area (Å²) >= 11 is 12.2. The Hall–Kier alpha value is -4.19. The lowest BCUT2D eigenvalue weighted by molar-refractivity contribution is 0.415. The molecule has 0 amide bonds. The summed E-state index contributed by atoms with van der Waals surface area (Å²) in [6, 6.07) is 16.9. The molecule has 0 fully saturated rings. The first-order valence-corrected chi connectivity index (χ1v) is 12.7. The smallest absolute Gasteiger partial charge is 0.249 e. The van der Waals surface area contributed by atoms with Crippen molar-refractivity contribution in [2.45, 2.75) is 27.2 Å². The number of hydrogen-bond donors (Lipinski definition) is 0. The van der Waals surface area contributed by atoms with Crippen LogP contribution in [0.15, 0.2) is 59.0 Å². The van der Waals surface area contributed by atoms with Crippen LogP contribution in [0.5, 0.6) is 17.2 Å². The lowest BCUT2D eigenvalue weighted by Crippen LogP contribution is -1.98. The van der Waals surface area contributed by atoms with E-state index >= 15 is 4.39 Å². The lowest BCUT2D eigenvalue weighted by atomic mass is 10.1. The summed E-state index contributed by atoms with van der Waals surface area (Å²) in [6.45, 7) is 5.84. The zero-order valence-corrected chi connectivity index (χ0v) is 23.1. The van der Waals surface area contributed by atoms with Crippen LogP contribution in [0.25, 0.3) is 22.4 Å². The largest absolute Gasteiger partial charge is 0.497 e. The molecule has 0 atom stereocenters. The molecule has 5 aromatic rings. The standard InChI is InChI=1S/C27H17Cl2FN4O3.C2H6/c1-14-21(9-16-3-5-19(35-2)12-23(16)32-14)27-34-33-24(37-27)10-17-4-6-22(29)26(25(17)30)36-20-8-15(13-31)7-18(28)11-20;1-2/h3-9,11-12H,10H2,1-2H3;1-2H3. The molecule has 0 unspecified atom stereocenters. The Labute approximate surface area is 234 Å². The highest BCUT2D eigenvalue weighted by atomic mass is 35.5. The van der Waals surface area contributed by atoms with Gasteiger partial charge in [0.05, 0.1) is 47.0 Å². The molecule has 2 heterocycles. The third-order valence-corrected chi connectivity index (χ3v) is 6.12. The van der Waals surface area contributed by atoms with Gasteiger partial charge < -0.3 is 13.9 Å². The van der Waals surface area contributed by atoms with Gasteiger partial charge in [0.15, 0.2) is 11.6 Å². The summed E-state index contributed by atoms with van der Waals surface area (Å²) in [7, 11) is 1.60. The van der Waals surface area contributed by atoms with Gasteiger partial charge in [-0.15, -0.1) is 10.2 Å². The van der Waals surface area contributed by atoms with Gasteiger partial charge in [-0.1, -0.05) is 43.1 Å². The Kier molecular flexibility index (Phi) is 8.65. The van der Waals surface area contributed by atoms with Crippen LogP contribution < -0.4 is 9.47 Å². The number of methoxy groups -OCH3 is 1. The van der Waals surface area contributed by atoms with Gasteiger partial charge >= 0.3 is 0 Å². The Bertz CT molecular complexity index is 1700. The molecule has 0 saturated heterocycles. The summed E-state index contributed by atoms with van der Waals surface area (Å²) in [4.78, 5) is 4.62. The van der Waals surface area contributed by atoms with E-state index in [0.29, 0.717) is 17.0 Å². The Morgan fingerprint density at radius 1 is 1.00 bits per heavy atom. The molecule has 0 bridgehead atoms. The highest BCUT2D eigenvalue weighted by Crippen LogP contribution is 2.36. The van der Waals surface area contributed by atoms with E-state index < -0.39 is 5.82 Å². The van der Waals surface area contributed by atoms with Crippen LogP contribution in [0.1, 0.15) is 36.6 Å². The number of rotatable bonds is 6. The fourth-order valence-electron chi connectivity index (χ4n) is 3.79. The van der Waals surface area contributed by atoms with Gasteiger partial charge in [-0.3, -0.25) is 4.98 Å². The zero-order chi connectivity index (χ0) is 28.1. The molecule has 0 aliphatic carbocycles. The van der Waals surface area contributed by atoms with Crippen molar-refractivity contribution in [2.75, 3.05) is 7.11 Å². The maximum Gasteiger partial charge on any atom is 0.249 e. The van der Waals surface area contributed by atoms with E-state index in [1.54, 1.807) is 7.11 Å². The van der Waals surface area contributed by atoms with E-state index in [1.807, 2.05) is 51.1 Å². The molecule has 0 radical (unpaired) electrons. The van der Waals surface area contributed by atoms with Gasteiger partial charge in [-0.05, 0) is 49.4 Å². The normalized spacial score (nSPS) is 10.5. The van der Waals surface area contributed by atoms with Crippen molar-refractivity contribution in [3.05, 3.63) is 93.2 Å². The summed E-state index contributed by atoms with van der Waals surface area (Å²) in [6.07, 6.45) is 0.00259. The minimum Gasteiger partial charge on any atom is -0.497 e. The number of nitriles is 1. The van der Waals surface area contributed by atoms with Crippen LogP contribution in [-0.4, -0.2) is 22.3 Å². The minimum atomic E-state index is -0.691. The second-order valence-corrected chi connectivity index (χ2v) is 8.94. The van der Waals surface area contributed by atoms with Gasteiger partial charge in [-0.25, -0.2) is 4.39 Å². The number of fused-ring (bicyclic) bond motifs is 1. The average Bonchev–Trinajstić information content (AvgIpc) is 3.41. The SMILES string of the molecule is CC.COc1ccc2cc(-c3nnc(Cc4ccc(Cl)c(Oc5cc(Cl)cc(C#N)c5)c4F)o3)c(C)nc2c1. The summed E-state index contributed by atoms with van der Waals surface area (Å²) in [5.74, 6) is 0.469. The molecule has 0 aliphatic heterocycles. The van der Waals surface area contributed by atoms with Gasteiger partial charge in [0, 0.05) is 22.0 Å². The zero-order valence-electron chi connectivity index (χ0n) is 21.6. The van der Waals surface area contributed by atoms with Crippen molar-refractivity contribution in [2.24, 2.45) is 0 Å². The second-order valence-electron chi connectivity index (χ2n) is 8.10. The third kappa shape index (κ3) is 6.11. The van der Waals surface area contributed by atoms with Crippen LogP contribution in [0.4, 0.5) is 4.39 Å². The summed E-state index contributed by atoms with van der Waals surface area (Å²) in [5, 5.41) is 18.6. The Morgan fingerprint density at radius 3 is 2.54 bits per heavy atom. The molecule has 198 valence electrons. The Morgan fingerprint density at radius 2 is 1.79 bits per heavy atom. The van der Waals surface area contributed by atoms with Crippen molar-refractivity contribution < 1.29 is 18.3 Å². The predicted molar refractivity (Wildman–Crippen MR) is 148 cm³/mol. The highest BCUT2D eigenvalue weighted by molar-refractivity contribution is 6.32. The van der Waals surface area contributed by atoms with Crippen LogP contribution >= 0.6 is 23.2 Å². The first-order chi connectivity index (χ1) is 18.8. The quantitative estimate of drug-likeness (QED) is 0.204. The predicted octanol–water partition coefficient (Wildman–Crippen LogP) is 8.33. The molecule has 0 aliphatic rings. The number of nitrogens with zero attached hydrogens (tertiary/aromatic N) is 4. The fourth-order valence-corrected chi connectivity index (χ4v) is 4.20. The maximum atomic E-state index is 15.4. The van der Waals surface area contributed by atoms with Crippen LogP contribution in [-0.2, 0) is 6.42 Å². The van der Waals surface area contributed by atoms with Crippen LogP contribution in [0.3, 0.4) is 0 Å². The first-order valence-electron chi connectivity index (χ1n) is 12.0. The van der Waals surface area contributed by atoms with Crippen LogP contribution in [0, 0.1) is 24.1 Å². The molecule has 5 rings (SSSR count). The van der Waals surface area contributed by atoms with E-state index in [-0.39, 0.29) is 50.9 Å². The van der Waals surface area contributed by atoms with E-state index in [0.717, 1.165) is 10.9 Å². The molecule has 0 saturated carbocycles. The number of aryl methyl sites for hydroxylation is 1. The molecule has 10 heteroatoms. The van der Waals surface area contributed by atoms with Crippen molar-refractivity contribution in [1.29, 1.82) is 5.26 Å². The van der Waals surface area contributed by atoms with Crippen molar-refractivity contribution >= 4 is 34.1 Å². The number of halogens is 3. The van der Waals surface area contributed by atoms with Gasteiger partial charge in [0.2, 0.25) is 11.8 Å². The highest BCUT2D eigenvalue weighted by Gasteiger charge is 2.19. The van der Waals surface area contributed by atoms with Crippen molar-refractivity contribution in [3.8, 4) is 34.8 Å². The molecule has 7 nitrogen and oxygen atoms in total. The lowest BCUT2D eigenvalue weighted by Gasteiger charge is -2.12. The molecular formula is C29H23Cl2FN4O3. The molecule has 3 aromatic carbocycles. The minimum absolute atomic E-state index is 0.00259. The fraction of sp³-hybridized carbons (Fsp3) is 0.172. The van der Waals surface area contributed by atoms with E-state index in [9.17, 15) is 0 Å². The topological polar surface area (TPSA) is 94.1 Å². The third-order valence-electron chi connectivity index (χ3n) is 5.60. The summed E-state index contributed by atoms with van der Waals surface area (Å²) in [5.41, 5.74) is 2.65. The molecule has 2 aromatic heterocycles. The molecular weight excluding hydrogens is 542 g/mol. The number of benzene rings is 3. The number of aromatic nitrogens is 3. The van der Waals surface area contributed by atoms with E-state index in [4.69, 9.17) is 42.4 Å². The number of pyridine rings is 1. The summed E-state index contributed by atoms with van der Waals surface area (Å²) < 4.78 is 32.2. The molecule has 39 heavy (non-hydrogen) atoms. The first kappa shape index (κ1) is 27.8. The van der Waals surface area contributed by atoms with E-state index in [1.165, 1.54) is 30.3 Å². The Balaban J connectivity index is 0.00000172. The van der Waals surface area contributed by atoms with Gasteiger partial charge in [0.1, 0.15) is 11.5 Å². The number of ether oxygens (including phenoxy) is 2. The number of hydrogen-bond acceptors (Lipinski definition) is 7. The molecule has 0 spiro atoms.